The molecule has 20 heavy (non-hydrogen) atoms. The molecule has 0 unspecified atom stereocenters. The molecule has 0 aromatic rings. The van der Waals surface area contributed by atoms with Crippen molar-refractivity contribution in [1.29, 1.82) is 0 Å². The summed E-state index contributed by atoms with van der Waals surface area (Å²) >= 11 is 0. The average Bonchev–Trinajstić information content (AvgIpc) is 2.67. The van der Waals surface area contributed by atoms with Crippen molar-refractivity contribution >= 4 is 5.78 Å². The Morgan fingerprint density at radius 1 is 1.40 bits per heavy atom. The minimum absolute atomic E-state index is 0.249. The van der Waals surface area contributed by atoms with E-state index in [0.717, 1.165) is 50.8 Å². The quantitative estimate of drug-likeness (QED) is 0.690. The average molecular weight is 275 g/mol. The Morgan fingerprint density at radius 3 is 3.00 bits per heavy atom. The molecule has 1 aliphatic heterocycles. The number of ketones is 1. The van der Waals surface area contributed by atoms with Gasteiger partial charge in [-0.3, -0.25) is 4.79 Å². The van der Waals surface area contributed by atoms with E-state index in [-0.39, 0.29) is 11.2 Å². The number of hydrogen-bond acceptors (Lipinski definition) is 3. The summed E-state index contributed by atoms with van der Waals surface area (Å²) in [6.45, 7) is 4.10. The van der Waals surface area contributed by atoms with Crippen LogP contribution >= 0.6 is 0 Å². The molecule has 3 aliphatic rings. The minimum Gasteiger partial charge on any atom is -0.389 e. The lowest BCUT2D eigenvalue weighted by molar-refractivity contribution is -0.125. The predicted octanol–water partition coefficient (Wildman–Crippen LogP) is 2.31. The summed E-state index contributed by atoms with van der Waals surface area (Å²) in [6, 6.07) is 0. The molecule has 0 aromatic heterocycles. The van der Waals surface area contributed by atoms with Crippen molar-refractivity contribution in [2.45, 2.75) is 45.1 Å². The van der Waals surface area contributed by atoms with E-state index in [4.69, 9.17) is 0 Å². The third-order valence-electron chi connectivity index (χ3n) is 5.45. The fourth-order valence-corrected chi connectivity index (χ4v) is 4.50. The van der Waals surface area contributed by atoms with Crippen molar-refractivity contribution in [2.24, 2.45) is 11.3 Å². The van der Waals surface area contributed by atoms with Crippen LogP contribution in [0.15, 0.2) is 23.3 Å². The largest absolute Gasteiger partial charge is 0.389 e. The second-order valence-corrected chi connectivity index (χ2v) is 6.83. The van der Waals surface area contributed by atoms with Crippen LogP contribution in [0.3, 0.4) is 0 Å². The Kier molecular flexibility index (Phi) is 3.59. The number of rotatable bonds is 0. The first kappa shape index (κ1) is 14.0. The van der Waals surface area contributed by atoms with Gasteiger partial charge in [0.25, 0.3) is 0 Å². The van der Waals surface area contributed by atoms with Crippen LogP contribution in [-0.2, 0) is 4.79 Å². The first-order valence-electron chi connectivity index (χ1n) is 7.83. The van der Waals surface area contributed by atoms with E-state index in [1.807, 2.05) is 13.0 Å². The van der Waals surface area contributed by atoms with Gasteiger partial charge in [-0.2, -0.15) is 0 Å². The number of carbonyl (C=O) groups excluding carboxylic acids is 1. The van der Waals surface area contributed by atoms with Gasteiger partial charge in [0.15, 0.2) is 5.78 Å². The van der Waals surface area contributed by atoms with Crippen molar-refractivity contribution in [3.63, 3.8) is 0 Å². The summed E-state index contributed by atoms with van der Waals surface area (Å²) in [7, 11) is 2.14. The summed E-state index contributed by atoms with van der Waals surface area (Å²) in [5.41, 5.74) is 1.83. The Bertz CT molecular complexity index is 479. The number of carbonyl (C=O) groups is 1. The van der Waals surface area contributed by atoms with Crippen LogP contribution in [0, 0.1) is 11.3 Å². The molecule has 1 saturated carbocycles. The third kappa shape index (κ3) is 2.08. The number of hydrogen-bond donors (Lipinski definition) is 1. The number of nitrogens with zero attached hydrogens (tertiary/aromatic N) is 1. The van der Waals surface area contributed by atoms with E-state index in [1.165, 1.54) is 5.57 Å². The standard InChI is InChI=1S/C17H25NO2/c1-12-9-13-11-15(19)14-5-3-7-18(2)8-4-6-17(13,14)16(20)10-12/h5,10,13,15,19H,3-4,6-9,11H2,1-2H3/b14-5-/t13-,15+,17-/m1/s1. The molecule has 110 valence electrons. The van der Waals surface area contributed by atoms with Gasteiger partial charge in [0, 0.05) is 6.54 Å². The second kappa shape index (κ2) is 5.12. The van der Waals surface area contributed by atoms with Crippen LogP contribution in [0.4, 0.5) is 0 Å². The first-order valence-corrected chi connectivity index (χ1v) is 7.83. The lowest BCUT2D eigenvalue weighted by Crippen LogP contribution is -2.39. The van der Waals surface area contributed by atoms with Gasteiger partial charge in [0.2, 0.25) is 0 Å². The molecule has 1 N–H and O–H groups in total. The van der Waals surface area contributed by atoms with Gasteiger partial charge in [0.1, 0.15) is 0 Å². The topological polar surface area (TPSA) is 40.5 Å². The maximum atomic E-state index is 12.8. The van der Waals surface area contributed by atoms with Gasteiger partial charge in [-0.05, 0) is 70.2 Å². The Labute approximate surface area is 121 Å². The summed E-state index contributed by atoms with van der Waals surface area (Å²) in [5.74, 6) is 0.559. The molecule has 1 spiro atoms. The highest BCUT2D eigenvalue weighted by Gasteiger charge is 2.55. The van der Waals surface area contributed by atoms with Crippen molar-refractivity contribution in [3.8, 4) is 0 Å². The molecule has 0 aromatic carbocycles. The molecule has 1 fully saturated rings. The molecular formula is C17H25NO2. The Hall–Kier alpha value is -0.930. The maximum Gasteiger partial charge on any atom is 0.166 e. The number of allylic oxidation sites excluding steroid dienone is 2. The molecule has 3 nitrogen and oxygen atoms in total. The van der Waals surface area contributed by atoms with Gasteiger partial charge in [-0.25, -0.2) is 0 Å². The van der Waals surface area contributed by atoms with Crippen LogP contribution in [0.25, 0.3) is 0 Å². The lowest BCUT2D eigenvalue weighted by Gasteiger charge is -2.38. The molecule has 3 atom stereocenters. The monoisotopic (exact) mass is 275 g/mol. The van der Waals surface area contributed by atoms with Crippen LogP contribution in [0.5, 0.6) is 0 Å². The highest BCUT2D eigenvalue weighted by atomic mass is 16.3. The zero-order valence-electron chi connectivity index (χ0n) is 12.6. The van der Waals surface area contributed by atoms with Crippen molar-refractivity contribution in [3.05, 3.63) is 23.3 Å². The molecule has 3 heteroatoms. The van der Waals surface area contributed by atoms with E-state index < -0.39 is 6.10 Å². The van der Waals surface area contributed by atoms with Gasteiger partial charge >= 0.3 is 0 Å². The zero-order valence-corrected chi connectivity index (χ0v) is 12.6. The summed E-state index contributed by atoms with van der Waals surface area (Å²) in [6.07, 6.45) is 8.19. The Morgan fingerprint density at radius 2 is 2.20 bits per heavy atom. The van der Waals surface area contributed by atoms with E-state index in [1.54, 1.807) is 0 Å². The van der Waals surface area contributed by atoms with Gasteiger partial charge in [-0.15, -0.1) is 0 Å². The second-order valence-electron chi connectivity index (χ2n) is 6.83. The molecule has 0 amide bonds. The molecule has 1 heterocycles. The number of aliphatic hydroxyl groups excluding tert-OH is 1. The molecule has 2 aliphatic carbocycles. The van der Waals surface area contributed by atoms with Crippen LogP contribution in [-0.4, -0.2) is 42.0 Å². The highest BCUT2D eigenvalue weighted by Crippen LogP contribution is 2.56. The van der Waals surface area contributed by atoms with Crippen molar-refractivity contribution in [1.82, 2.24) is 4.90 Å². The SMILES string of the molecule is CC1=CC(=O)[C@@]23CCCN(C)CC/C=C\2[C@@H](O)C[C@H]3C1. The highest BCUT2D eigenvalue weighted by molar-refractivity contribution is 5.99. The minimum atomic E-state index is -0.411. The molecule has 0 radical (unpaired) electrons. The fraction of sp³-hybridized carbons (Fsp3) is 0.706. The van der Waals surface area contributed by atoms with E-state index in [2.05, 4.69) is 18.0 Å². The lowest BCUT2D eigenvalue weighted by atomic mass is 9.64. The normalized spacial score (nSPS) is 41.6. The molecule has 0 bridgehead atoms. The van der Waals surface area contributed by atoms with Gasteiger partial charge in [-0.1, -0.05) is 11.6 Å². The summed E-state index contributed by atoms with van der Waals surface area (Å²) in [5, 5.41) is 10.5. The molecule has 0 saturated heterocycles. The van der Waals surface area contributed by atoms with Crippen molar-refractivity contribution < 1.29 is 9.90 Å². The van der Waals surface area contributed by atoms with Crippen LogP contribution in [0.1, 0.15) is 39.0 Å². The van der Waals surface area contributed by atoms with Gasteiger partial charge < -0.3 is 10.0 Å². The summed E-state index contributed by atoms with van der Waals surface area (Å²) in [4.78, 5) is 15.1. The Balaban J connectivity index is 2.03. The smallest absolute Gasteiger partial charge is 0.166 e. The van der Waals surface area contributed by atoms with Crippen molar-refractivity contribution in [2.75, 3.05) is 20.1 Å². The van der Waals surface area contributed by atoms with E-state index in [0.29, 0.717) is 5.92 Å². The maximum absolute atomic E-state index is 12.8. The first-order chi connectivity index (χ1) is 9.54. The van der Waals surface area contributed by atoms with Crippen LogP contribution < -0.4 is 0 Å². The van der Waals surface area contributed by atoms with E-state index >= 15 is 0 Å². The van der Waals surface area contributed by atoms with Gasteiger partial charge in [0.05, 0.1) is 11.5 Å². The zero-order chi connectivity index (χ0) is 14.3. The molecule has 3 rings (SSSR count). The third-order valence-corrected chi connectivity index (χ3v) is 5.45. The van der Waals surface area contributed by atoms with Crippen LogP contribution in [0.2, 0.25) is 0 Å². The summed E-state index contributed by atoms with van der Waals surface area (Å²) < 4.78 is 0. The predicted molar refractivity (Wildman–Crippen MR) is 79.4 cm³/mol. The fourth-order valence-electron chi connectivity index (χ4n) is 4.50. The number of aliphatic hydroxyl groups is 1. The van der Waals surface area contributed by atoms with E-state index in [9.17, 15) is 9.90 Å². The molecular weight excluding hydrogens is 250 g/mol.